The monoisotopic (exact) mass is 368 g/mol. The Bertz CT molecular complexity index is 781. The molecule has 0 atom stereocenters. The van der Waals surface area contributed by atoms with Crippen molar-refractivity contribution in [1.82, 2.24) is 0 Å². The highest BCUT2D eigenvalue weighted by Crippen LogP contribution is 2.17. The molecule has 1 heterocycles. The van der Waals surface area contributed by atoms with Gasteiger partial charge < -0.3 is 15.5 Å². The van der Waals surface area contributed by atoms with Crippen LogP contribution in [0.15, 0.2) is 48.5 Å². The largest absolute Gasteiger partial charge is 0.395 e. The first-order chi connectivity index (χ1) is 13.2. The summed E-state index contributed by atoms with van der Waals surface area (Å²) < 4.78 is 2.25. The molecule has 4 heteroatoms. The number of aliphatic hydroxyl groups is 2. The molecule has 0 saturated heterocycles. The summed E-state index contributed by atoms with van der Waals surface area (Å²) in [5.41, 5.74) is 4.82. The number of fused-ring (bicyclic) bond motifs is 1. The van der Waals surface area contributed by atoms with E-state index in [1.807, 2.05) is 0 Å². The lowest BCUT2D eigenvalue weighted by Crippen LogP contribution is -2.88. The minimum atomic E-state index is -0.492. The third-order valence-corrected chi connectivity index (χ3v) is 5.71. The van der Waals surface area contributed by atoms with Crippen LogP contribution in [-0.4, -0.2) is 60.4 Å². The zero-order chi connectivity index (χ0) is 19.1. The zero-order valence-electron chi connectivity index (χ0n) is 16.3. The fourth-order valence-corrected chi connectivity index (χ4v) is 3.87. The highest BCUT2D eigenvalue weighted by Gasteiger charge is 2.37. The van der Waals surface area contributed by atoms with Crippen LogP contribution < -0.4 is 5.32 Å². The third-order valence-electron chi connectivity index (χ3n) is 5.71. The summed E-state index contributed by atoms with van der Waals surface area (Å²) in [6.07, 6.45) is 4.19. The summed E-state index contributed by atoms with van der Waals surface area (Å²) in [7, 11) is 0. The van der Waals surface area contributed by atoms with Crippen molar-refractivity contribution in [3.63, 3.8) is 0 Å². The molecule has 0 spiro atoms. The fraction of sp³-hybridized carbons (Fsp3) is 0.435. The number of rotatable bonds is 9. The summed E-state index contributed by atoms with van der Waals surface area (Å²) in [4.78, 5) is 0. The number of aryl methyl sites for hydroxylation is 1. The summed E-state index contributed by atoms with van der Waals surface area (Å²) in [6.45, 7) is 5.42. The van der Waals surface area contributed by atoms with Crippen molar-refractivity contribution in [1.29, 1.82) is 0 Å². The Hall–Kier alpha value is -2.01. The van der Waals surface area contributed by atoms with E-state index >= 15 is 0 Å². The molecule has 3 rings (SSSR count). The molecule has 2 aromatic carbocycles. The SMILES string of the molecule is Cc1ccccc1CC[NH2+]CC(CO)(CO)C[N+]1=Cc2ccccc2CC1. The summed E-state index contributed by atoms with van der Waals surface area (Å²) in [5.74, 6) is 0. The van der Waals surface area contributed by atoms with Gasteiger partial charge in [0.05, 0.1) is 26.3 Å². The molecule has 0 saturated carbocycles. The van der Waals surface area contributed by atoms with Crippen molar-refractivity contribution in [2.75, 3.05) is 39.4 Å². The number of hydrogen-bond acceptors (Lipinski definition) is 2. The lowest BCUT2D eigenvalue weighted by Gasteiger charge is -2.27. The molecular formula is C23H32N2O2+2. The van der Waals surface area contributed by atoms with Gasteiger partial charge in [0.15, 0.2) is 12.8 Å². The first kappa shape index (κ1) is 19.7. The summed E-state index contributed by atoms with van der Waals surface area (Å²) >= 11 is 0. The normalized spacial score (nSPS) is 14.0. The van der Waals surface area contributed by atoms with E-state index in [0.717, 1.165) is 32.5 Å². The molecule has 0 aliphatic carbocycles. The summed E-state index contributed by atoms with van der Waals surface area (Å²) in [5, 5.41) is 22.3. The minimum absolute atomic E-state index is 0.00362. The van der Waals surface area contributed by atoms with Gasteiger partial charge in [0.2, 0.25) is 0 Å². The Kier molecular flexibility index (Phi) is 6.78. The van der Waals surface area contributed by atoms with Gasteiger partial charge in [-0.2, -0.15) is 0 Å². The fourth-order valence-electron chi connectivity index (χ4n) is 3.87. The van der Waals surface area contributed by atoms with E-state index in [4.69, 9.17) is 0 Å². The summed E-state index contributed by atoms with van der Waals surface area (Å²) in [6, 6.07) is 16.9. The minimum Gasteiger partial charge on any atom is -0.395 e. The molecule has 0 bridgehead atoms. The third kappa shape index (κ3) is 5.04. The van der Waals surface area contributed by atoms with Crippen LogP contribution in [0.25, 0.3) is 0 Å². The van der Waals surface area contributed by atoms with E-state index in [0.29, 0.717) is 6.54 Å². The second kappa shape index (κ2) is 9.27. The molecule has 0 unspecified atom stereocenters. The molecule has 4 nitrogen and oxygen atoms in total. The van der Waals surface area contributed by atoms with E-state index in [2.05, 4.69) is 71.6 Å². The van der Waals surface area contributed by atoms with Crippen LogP contribution in [0, 0.1) is 12.3 Å². The molecule has 1 aliphatic heterocycles. The van der Waals surface area contributed by atoms with Crippen molar-refractivity contribution >= 4 is 6.21 Å². The van der Waals surface area contributed by atoms with Gasteiger partial charge in [-0.3, -0.25) is 0 Å². The van der Waals surface area contributed by atoms with Crippen LogP contribution in [-0.2, 0) is 12.8 Å². The lowest BCUT2D eigenvalue weighted by atomic mass is 9.88. The molecule has 0 fully saturated rings. The van der Waals surface area contributed by atoms with Crippen LogP contribution >= 0.6 is 0 Å². The van der Waals surface area contributed by atoms with Crippen molar-refractivity contribution < 1.29 is 20.1 Å². The van der Waals surface area contributed by atoms with E-state index in [1.54, 1.807) is 0 Å². The highest BCUT2D eigenvalue weighted by molar-refractivity contribution is 5.78. The number of nitrogens with two attached hydrogens (primary N) is 1. The van der Waals surface area contributed by atoms with Crippen molar-refractivity contribution in [3.8, 4) is 0 Å². The number of quaternary nitrogens is 1. The lowest BCUT2D eigenvalue weighted by molar-refractivity contribution is -0.675. The Labute approximate surface area is 162 Å². The Morgan fingerprint density at radius 1 is 1.04 bits per heavy atom. The Morgan fingerprint density at radius 2 is 1.78 bits per heavy atom. The maximum atomic E-state index is 10.0. The van der Waals surface area contributed by atoms with E-state index in [-0.39, 0.29) is 13.2 Å². The van der Waals surface area contributed by atoms with Crippen LogP contribution in [0.5, 0.6) is 0 Å². The van der Waals surface area contributed by atoms with Gasteiger partial charge >= 0.3 is 0 Å². The number of nitrogens with zero attached hydrogens (tertiary/aromatic N) is 1. The van der Waals surface area contributed by atoms with Gasteiger partial charge in [-0.1, -0.05) is 42.5 Å². The molecule has 27 heavy (non-hydrogen) atoms. The molecule has 1 aliphatic rings. The molecular weight excluding hydrogens is 336 g/mol. The quantitative estimate of drug-likeness (QED) is 0.452. The second-order valence-corrected chi connectivity index (χ2v) is 7.82. The standard InChI is InChI=1S/C23H31N2O2/c1-19-6-2-3-7-20(19)10-12-24-15-23(17-26,18-27)16-25-13-11-21-8-4-5-9-22(21)14-25/h2-9,14,24,26-27H,10-13,15-18H2,1H3/q+1/p+1. The van der Waals surface area contributed by atoms with E-state index in [9.17, 15) is 10.2 Å². The predicted octanol–water partition coefficient (Wildman–Crippen LogP) is 0.760. The highest BCUT2D eigenvalue weighted by atomic mass is 16.3. The average Bonchev–Trinajstić information content (AvgIpc) is 2.71. The van der Waals surface area contributed by atoms with Gasteiger partial charge in [-0.05, 0) is 29.7 Å². The van der Waals surface area contributed by atoms with Gasteiger partial charge in [0.25, 0.3) is 0 Å². The average molecular weight is 369 g/mol. The van der Waals surface area contributed by atoms with Gasteiger partial charge in [-0.25, -0.2) is 4.58 Å². The van der Waals surface area contributed by atoms with Crippen LogP contribution in [0.1, 0.15) is 22.3 Å². The van der Waals surface area contributed by atoms with Crippen molar-refractivity contribution in [3.05, 3.63) is 70.8 Å². The molecule has 0 radical (unpaired) electrons. The van der Waals surface area contributed by atoms with Crippen molar-refractivity contribution in [2.24, 2.45) is 5.41 Å². The molecule has 0 amide bonds. The molecule has 2 aromatic rings. The smallest absolute Gasteiger partial charge is 0.170 e. The first-order valence-electron chi connectivity index (χ1n) is 9.90. The van der Waals surface area contributed by atoms with Crippen molar-refractivity contribution in [2.45, 2.75) is 19.8 Å². The number of benzene rings is 2. The zero-order valence-corrected chi connectivity index (χ0v) is 16.3. The number of hydrogen-bond donors (Lipinski definition) is 3. The van der Waals surface area contributed by atoms with Crippen LogP contribution in [0.2, 0.25) is 0 Å². The molecule has 144 valence electrons. The molecule has 4 N–H and O–H groups in total. The second-order valence-electron chi connectivity index (χ2n) is 7.82. The van der Waals surface area contributed by atoms with Crippen LogP contribution in [0.3, 0.4) is 0 Å². The van der Waals surface area contributed by atoms with E-state index < -0.39 is 5.41 Å². The Morgan fingerprint density at radius 3 is 2.56 bits per heavy atom. The maximum Gasteiger partial charge on any atom is 0.170 e. The van der Waals surface area contributed by atoms with Gasteiger partial charge in [0, 0.05) is 18.4 Å². The predicted molar refractivity (Wildman–Crippen MR) is 108 cm³/mol. The topological polar surface area (TPSA) is 60.1 Å². The Balaban J connectivity index is 1.59. The number of aliphatic hydroxyl groups excluding tert-OH is 2. The maximum absolute atomic E-state index is 10.0. The molecule has 0 aromatic heterocycles. The van der Waals surface area contributed by atoms with E-state index in [1.165, 1.54) is 22.3 Å². The van der Waals surface area contributed by atoms with Gasteiger partial charge in [0.1, 0.15) is 12.0 Å². The first-order valence-corrected chi connectivity index (χ1v) is 9.90. The van der Waals surface area contributed by atoms with Crippen LogP contribution in [0.4, 0.5) is 0 Å². The van der Waals surface area contributed by atoms with Gasteiger partial charge in [-0.15, -0.1) is 0 Å².